The number of pyridine rings is 1. The molecule has 0 bridgehead atoms. The lowest BCUT2D eigenvalue weighted by Gasteiger charge is -2.04. The van der Waals surface area contributed by atoms with E-state index in [0.717, 1.165) is 5.16 Å². The first-order valence-electron chi connectivity index (χ1n) is 6.64. The number of hydrogen-bond donors (Lipinski definition) is 1. The third kappa shape index (κ3) is 2.82. The number of ether oxygens (including phenoxy) is 1. The average Bonchev–Trinajstić information content (AvgIpc) is 3.18. The van der Waals surface area contributed by atoms with Crippen molar-refractivity contribution in [2.45, 2.75) is 5.16 Å². The summed E-state index contributed by atoms with van der Waals surface area (Å²) in [5.41, 5.74) is 1.36. The molecule has 0 radical (unpaired) electrons. The molecule has 23 heavy (non-hydrogen) atoms. The van der Waals surface area contributed by atoms with Gasteiger partial charge in [-0.1, -0.05) is 17.8 Å². The highest BCUT2D eigenvalue weighted by atomic mass is 32.2. The molecule has 3 rings (SSSR count). The van der Waals surface area contributed by atoms with Crippen LogP contribution in [0.2, 0.25) is 0 Å². The summed E-state index contributed by atoms with van der Waals surface area (Å²) >= 11 is 2.72. The van der Waals surface area contributed by atoms with Crippen LogP contribution in [0.5, 0.6) is 0 Å². The minimum Gasteiger partial charge on any atom is -0.465 e. The van der Waals surface area contributed by atoms with Crippen LogP contribution in [0.15, 0.2) is 41.0 Å². The Morgan fingerprint density at radius 1 is 1.35 bits per heavy atom. The summed E-state index contributed by atoms with van der Waals surface area (Å²) in [6, 6.07) is 7.18. The van der Waals surface area contributed by atoms with Gasteiger partial charge in [0, 0.05) is 6.20 Å². The Balaban J connectivity index is 1.96. The van der Waals surface area contributed by atoms with E-state index in [2.05, 4.69) is 10.3 Å². The molecule has 1 N–H and O–H groups in total. The first-order chi connectivity index (χ1) is 11.2. The number of nitrogens with one attached hydrogen (secondary N) is 1. The lowest BCUT2D eigenvalue weighted by molar-refractivity contribution is 0.0602. The van der Waals surface area contributed by atoms with Gasteiger partial charge in [0.1, 0.15) is 5.00 Å². The van der Waals surface area contributed by atoms with Gasteiger partial charge in [0.15, 0.2) is 10.9 Å². The number of aromatic nitrogens is 2. The van der Waals surface area contributed by atoms with Gasteiger partial charge in [-0.3, -0.25) is 9.20 Å². The van der Waals surface area contributed by atoms with E-state index in [1.807, 2.05) is 35.1 Å². The SMILES string of the molecule is COC(=O)c1ccsc1NC(=O)c1nc(SC)n2ccccc12. The fourth-order valence-corrected chi connectivity index (χ4v) is 3.47. The lowest BCUT2D eigenvalue weighted by Crippen LogP contribution is -2.14. The molecule has 0 atom stereocenters. The highest BCUT2D eigenvalue weighted by Gasteiger charge is 2.20. The second kappa shape index (κ2) is 6.43. The normalized spacial score (nSPS) is 10.7. The Bertz CT molecular complexity index is 885. The molecule has 3 aromatic heterocycles. The maximum atomic E-state index is 12.6. The van der Waals surface area contributed by atoms with Gasteiger partial charge in [-0.25, -0.2) is 9.78 Å². The van der Waals surface area contributed by atoms with Gasteiger partial charge in [-0.15, -0.1) is 11.3 Å². The third-order valence-corrected chi connectivity index (χ3v) is 4.69. The van der Waals surface area contributed by atoms with Crippen molar-refractivity contribution < 1.29 is 14.3 Å². The largest absolute Gasteiger partial charge is 0.465 e. The van der Waals surface area contributed by atoms with Crippen molar-refractivity contribution >= 4 is 45.5 Å². The van der Waals surface area contributed by atoms with Crippen LogP contribution in [-0.4, -0.2) is 34.6 Å². The van der Waals surface area contributed by atoms with E-state index >= 15 is 0 Å². The highest BCUT2D eigenvalue weighted by Crippen LogP contribution is 2.26. The number of fused-ring (bicyclic) bond motifs is 1. The number of thiophene rings is 1. The molecule has 0 saturated heterocycles. The molecule has 0 spiro atoms. The van der Waals surface area contributed by atoms with Crippen molar-refractivity contribution in [2.24, 2.45) is 0 Å². The van der Waals surface area contributed by atoms with E-state index < -0.39 is 5.97 Å². The number of anilines is 1. The van der Waals surface area contributed by atoms with Gasteiger partial charge >= 0.3 is 5.97 Å². The predicted octanol–water partition coefficient (Wildman–Crippen LogP) is 3.16. The van der Waals surface area contributed by atoms with Crippen molar-refractivity contribution in [2.75, 3.05) is 18.7 Å². The average molecular weight is 347 g/mol. The number of carbonyl (C=O) groups excluding carboxylic acids is 2. The molecule has 0 unspecified atom stereocenters. The highest BCUT2D eigenvalue weighted by molar-refractivity contribution is 7.98. The van der Waals surface area contributed by atoms with E-state index in [0.29, 0.717) is 21.8 Å². The molecule has 8 heteroatoms. The minimum absolute atomic E-state index is 0.319. The van der Waals surface area contributed by atoms with Gasteiger partial charge in [0.25, 0.3) is 5.91 Å². The monoisotopic (exact) mass is 347 g/mol. The van der Waals surface area contributed by atoms with Gasteiger partial charge in [-0.2, -0.15) is 0 Å². The molecule has 6 nitrogen and oxygen atoms in total. The van der Waals surface area contributed by atoms with Crippen molar-refractivity contribution in [3.05, 3.63) is 47.1 Å². The third-order valence-electron chi connectivity index (χ3n) is 3.21. The molecule has 1 amide bonds. The van der Waals surface area contributed by atoms with Crippen LogP contribution < -0.4 is 5.32 Å². The van der Waals surface area contributed by atoms with Crippen LogP contribution in [0.4, 0.5) is 5.00 Å². The van der Waals surface area contributed by atoms with E-state index in [1.54, 1.807) is 11.4 Å². The van der Waals surface area contributed by atoms with Crippen molar-refractivity contribution in [1.82, 2.24) is 9.38 Å². The van der Waals surface area contributed by atoms with Crippen LogP contribution >= 0.6 is 23.1 Å². The van der Waals surface area contributed by atoms with Crippen molar-refractivity contribution in [1.29, 1.82) is 0 Å². The van der Waals surface area contributed by atoms with Crippen LogP contribution in [-0.2, 0) is 4.74 Å². The maximum Gasteiger partial charge on any atom is 0.340 e. The van der Waals surface area contributed by atoms with Crippen LogP contribution in [0.25, 0.3) is 5.52 Å². The van der Waals surface area contributed by atoms with Crippen molar-refractivity contribution in [3.8, 4) is 0 Å². The van der Waals surface area contributed by atoms with Gasteiger partial charge in [0.05, 0.1) is 18.2 Å². The summed E-state index contributed by atoms with van der Waals surface area (Å²) in [6.45, 7) is 0. The van der Waals surface area contributed by atoms with E-state index in [-0.39, 0.29) is 5.91 Å². The number of imidazole rings is 1. The number of esters is 1. The summed E-state index contributed by atoms with van der Waals surface area (Å²) in [4.78, 5) is 28.6. The Labute approximate surface area is 140 Å². The first-order valence-corrected chi connectivity index (χ1v) is 8.74. The molecule has 3 aromatic rings. The zero-order valence-corrected chi connectivity index (χ0v) is 14.0. The second-order valence-corrected chi connectivity index (χ2v) is 6.20. The van der Waals surface area contributed by atoms with E-state index in [1.165, 1.54) is 30.2 Å². The van der Waals surface area contributed by atoms with E-state index in [9.17, 15) is 9.59 Å². The Hall–Kier alpha value is -2.32. The van der Waals surface area contributed by atoms with Crippen LogP contribution in [0.1, 0.15) is 20.8 Å². The fraction of sp³-hybridized carbons (Fsp3) is 0.133. The molecule has 0 aliphatic heterocycles. The molecule has 0 fully saturated rings. The van der Waals surface area contributed by atoms with Gasteiger partial charge in [-0.05, 0) is 29.8 Å². The first kappa shape index (κ1) is 15.6. The molecule has 118 valence electrons. The number of nitrogens with zero attached hydrogens (tertiary/aromatic N) is 2. The predicted molar refractivity (Wildman–Crippen MR) is 90.6 cm³/mol. The van der Waals surface area contributed by atoms with Crippen LogP contribution in [0, 0.1) is 0 Å². The molecule has 0 saturated carbocycles. The maximum absolute atomic E-state index is 12.6. The standard InChI is InChI=1S/C15H13N3O3S2/c1-21-14(20)9-6-8-23-13(9)17-12(19)11-10-5-3-4-7-18(10)15(16-11)22-2/h3-8H,1-2H3,(H,17,19). The molecular formula is C15H13N3O3S2. The Morgan fingerprint density at radius 2 is 2.17 bits per heavy atom. The Morgan fingerprint density at radius 3 is 2.91 bits per heavy atom. The molecule has 3 heterocycles. The summed E-state index contributed by atoms with van der Waals surface area (Å²) in [6.07, 6.45) is 3.76. The summed E-state index contributed by atoms with van der Waals surface area (Å²) in [5.74, 6) is -0.845. The number of rotatable bonds is 4. The summed E-state index contributed by atoms with van der Waals surface area (Å²) < 4.78 is 6.56. The van der Waals surface area contributed by atoms with Gasteiger partial charge < -0.3 is 10.1 Å². The molecule has 0 aliphatic carbocycles. The zero-order chi connectivity index (χ0) is 16.4. The zero-order valence-electron chi connectivity index (χ0n) is 12.4. The smallest absolute Gasteiger partial charge is 0.340 e. The number of hydrogen-bond acceptors (Lipinski definition) is 6. The minimum atomic E-state index is -0.485. The second-order valence-electron chi connectivity index (χ2n) is 4.51. The van der Waals surface area contributed by atoms with Gasteiger partial charge in [0.2, 0.25) is 0 Å². The summed E-state index contributed by atoms with van der Waals surface area (Å²) in [7, 11) is 1.30. The molecular weight excluding hydrogens is 334 g/mol. The summed E-state index contributed by atoms with van der Waals surface area (Å²) in [5, 5.41) is 5.64. The topological polar surface area (TPSA) is 72.7 Å². The van der Waals surface area contributed by atoms with Crippen LogP contribution in [0.3, 0.4) is 0 Å². The number of methoxy groups -OCH3 is 1. The fourth-order valence-electron chi connectivity index (χ4n) is 2.16. The van der Waals surface area contributed by atoms with E-state index in [4.69, 9.17) is 4.74 Å². The lowest BCUT2D eigenvalue weighted by atomic mass is 10.3. The number of amides is 1. The quantitative estimate of drug-likeness (QED) is 0.580. The number of carbonyl (C=O) groups is 2. The molecule has 0 aromatic carbocycles. The van der Waals surface area contributed by atoms with Crippen molar-refractivity contribution in [3.63, 3.8) is 0 Å². The molecule has 0 aliphatic rings. The Kier molecular flexibility index (Phi) is 4.35. The number of thioether (sulfide) groups is 1.